The predicted molar refractivity (Wildman–Crippen MR) is 92.2 cm³/mol. The summed E-state index contributed by atoms with van der Waals surface area (Å²) in [7, 11) is 1.57. The zero-order valence-corrected chi connectivity index (χ0v) is 14.1. The molecular weight excluding hydrogens is 323 g/mol. The van der Waals surface area contributed by atoms with E-state index in [4.69, 9.17) is 4.74 Å². The van der Waals surface area contributed by atoms with Crippen LogP contribution in [0.5, 0.6) is 5.75 Å². The van der Waals surface area contributed by atoms with Crippen LogP contribution < -0.4 is 9.64 Å². The Morgan fingerprint density at radius 1 is 1.16 bits per heavy atom. The Balaban J connectivity index is 1.79. The lowest BCUT2D eigenvalue weighted by atomic mass is 10.1. The summed E-state index contributed by atoms with van der Waals surface area (Å²) in [6, 6.07) is 12.0. The molecule has 0 spiro atoms. The number of carbonyl (C=O) groups excluding carboxylic acids is 2. The average molecular weight is 342 g/mol. The molecule has 5 nitrogen and oxygen atoms in total. The van der Waals surface area contributed by atoms with Crippen LogP contribution in [0.25, 0.3) is 0 Å². The quantitative estimate of drug-likeness (QED) is 0.862. The van der Waals surface area contributed by atoms with Gasteiger partial charge in [0.2, 0.25) is 5.91 Å². The maximum absolute atomic E-state index is 13.0. The summed E-state index contributed by atoms with van der Waals surface area (Å²) in [4.78, 5) is 28.6. The molecular formula is C19H19FN2O3. The molecule has 0 aromatic heterocycles. The standard InChI is InChI=1S/C19H19FN2O3/c1-13-18(23)22(16-4-3-5-17(12-16)25-2)11-10-21(13)19(24)14-6-8-15(20)9-7-14/h3-9,12-13H,10-11H2,1-2H3. The summed E-state index contributed by atoms with van der Waals surface area (Å²) in [6.45, 7) is 2.50. The molecule has 130 valence electrons. The molecule has 1 atom stereocenters. The highest BCUT2D eigenvalue weighted by Gasteiger charge is 2.35. The summed E-state index contributed by atoms with van der Waals surface area (Å²) < 4.78 is 18.2. The van der Waals surface area contributed by atoms with Gasteiger partial charge < -0.3 is 14.5 Å². The van der Waals surface area contributed by atoms with Crippen LogP contribution in [-0.2, 0) is 4.79 Å². The molecule has 3 rings (SSSR count). The van der Waals surface area contributed by atoms with Gasteiger partial charge in [0.25, 0.3) is 5.91 Å². The van der Waals surface area contributed by atoms with Crippen molar-refractivity contribution >= 4 is 17.5 Å². The van der Waals surface area contributed by atoms with E-state index in [-0.39, 0.29) is 11.8 Å². The third-order valence-electron chi connectivity index (χ3n) is 4.37. The summed E-state index contributed by atoms with van der Waals surface area (Å²) in [6.07, 6.45) is 0. The van der Waals surface area contributed by atoms with Gasteiger partial charge in [0, 0.05) is 30.4 Å². The number of benzene rings is 2. The molecule has 0 saturated carbocycles. The summed E-state index contributed by atoms with van der Waals surface area (Å²) in [5, 5.41) is 0. The van der Waals surface area contributed by atoms with Crippen molar-refractivity contribution < 1.29 is 18.7 Å². The largest absolute Gasteiger partial charge is 0.497 e. The van der Waals surface area contributed by atoms with E-state index in [1.807, 2.05) is 18.2 Å². The van der Waals surface area contributed by atoms with Gasteiger partial charge in [0.1, 0.15) is 17.6 Å². The van der Waals surface area contributed by atoms with Gasteiger partial charge in [-0.05, 0) is 43.3 Å². The fourth-order valence-corrected chi connectivity index (χ4v) is 2.94. The first-order chi connectivity index (χ1) is 12.0. The number of hydrogen-bond acceptors (Lipinski definition) is 3. The molecule has 1 aliphatic rings. The van der Waals surface area contributed by atoms with Crippen LogP contribution in [0.1, 0.15) is 17.3 Å². The zero-order chi connectivity index (χ0) is 18.0. The number of carbonyl (C=O) groups is 2. The predicted octanol–water partition coefficient (Wildman–Crippen LogP) is 2.71. The normalized spacial score (nSPS) is 17.6. The van der Waals surface area contributed by atoms with Crippen LogP contribution in [0.4, 0.5) is 10.1 Å². The lowest BCUT2D eigenvalue weighted by Crippen LogP contribution is -2.57. The average Bonchev–Trinajstić information content (AvgIpc) is 2.64. The molecule has 1 fully saturated rings. The second kappa shape index (κ2) is 6.93. The van der Waals surface area contributed by atoms with Crippen LogP contribution in [0.15, 0.2) is 48.5 Å². The van der Waals surface area contributed by atoms with Gasteiger partial charge in [-0.1, -0.05) is 6.07 Å². The van der Waals surface area contributed by atoms with Crippen LogP contribution in [0.3, 0.4) is 0 Å². The number of hydrogen-bond donors (Lipinski definition) is 0. The summed E-state index contributed by atoms with van der Waals surface area (Å²) in [5.41, 5.74) is 1.11. The molecule has 25 heavy (non-hydrogen) atoms. The van der Waals surface area contributed by atoms with E-state index < -0.39 is 11.9 Å². The SMILES string of the molecule is COc1cccc(N2CCN(C(=O)c3ccc(F)cc3)C(C)C2=O)c1. The van der Waals surface area contributed by atoms with Crippen LogP contribution in [-0.4, -0.2) is 43.0 Å². The maximum Gasteiger partial charge on any atom is 0.254 e. The topological polar surface area (TPSA) is 49.9 Å². The fraction of sp³-hybridized carbons (Fsp3) is 0.263. The first-order valence-corrected chi connectivity index (χ1v) is 8.03. The number of nitrogens with zero attached hydrogens (tertiary/aromatic N) is 2. The Morgan fingerprint density at radius 3 is 2.56 bits per heavy atom. The second-order valence-electron chi connectivity index (χ2n) is 5.87. The smallest absolute Gasteiger partial charge is 0.254 e. The van der Waals surface area contributed by atoms with Gasteiger partial charge in [0.05, 0.1) is 7.11 Å². The van der Waals surface area contributed by atoms with Gasteiger partial charge in [-0.3, -0.25) is 9.59 Å². The number of ether oxygens (including phenoxy) is 1. The molecule has 6 heteroatoms. The van der Waals surface area contributed by atoms with Crippen molar-refractivity contribution in [3.05, 3.63) is 59.9 Å². The minimum atomic E-state index is -0.600. The fourth-order valence-electron chi connectivity index (χ4n) is 2.94. The number of methoxy groups -OCH3 is 1. The number of rotatable bonds is 3. The Bertz CT molecular complexity index is 792. The minimum Gasteiger partial charge on any atom is -0.497 e. The van der Waals surface area contributed by atoms with Gasteiger partial charge in [-0.15, -0.1) is 0 Å². The van der Waals surface area contributed by atoms with Gasteiger partial charge in [0.15, 0.2) is 0 Å². The van der Waals surface area contributed by atoms with E-state index in [0.29, 0.717) is 24.4 Å². The van der Waals surface area contributed by atoms with Gasteiger partial charge in [-0.2, -0.15) is 0 Å². The van der Waals surface area contributed by atoms with E-state index in [1.165, 1.54) is 29.2 Å². The van der Waals surface area contributed by atoms with Crippen LogP contribution in [0, 0.1) is 5.82 Å². The third kappa shape index (κ3) is 3.33. The van der Waals surface area contributed by atoms with E-state index in [1.54, 1.807) is 25.0 Å². The molecule has 1 heterocycles. The summed E-state index contributed by atoms with van der Waals surface area (Å²) >= 11 is 0. The van der Waals surface area contributed by atoms with Crippen LogP contribution in [0.2, 0.25) is 0 Å². The zero-order valence-electron chi connectivity index (χ0n) is 14.1. The lowest BCUT2D eigenvalue weighted by molar-refractivity contribution is -0.124. The molecule has 0 radical (unpaired) electrons. The molecule has 0 bridgehead atoms. The third-order valence-corrected chi connectivity index (χ3v) is 4.37. The Hall–Kier alpha value is -2.89. The number of anilines is 1. The van der Waals surface area contributed by atoms with Crippen molar-refractivity contribution in [1.29, 1.82) is 0 Å². The molecule has 2 amide bonds. The maximum atomic E-state index is 13.0. The Kier molecular flexibility index (Phi) is 4.70. The van der Waals surface area contributed by atoms with E-state index in [0.717, 1.165) is 5.69 Å². The highest BCUT2D eigenvalue weighted by molar-refractivity contribution is 6.03. The monoisotopic (exact) mass is 342 g/mol. The van der Waals surface area contributed by atoms with Crippen molar-refractivity contribution in [2.75, 3.05) is 25.1 Å². The second-order valence-corrected chi connectivity index (χ2v) is 5.87. The van der Waals surface area contributed by atoms with E-state index in [9.17, 15) is 14.0 Å². The van der Waals surface area contributed by atoms with E-state index in [2.05, 4.69) is 0 Å². The summed E-state index contributed by atoms with van der Waals surface area (Å²) in [5.74, 6) is -0.160. The van der Waals surface area contributed by atoms with Crippen molar-refractivity contribution in [3.63, 3.8) is 0 Å². The molecule has 2 aromatic rings. The van der Waals surface area contributed by atoms with Gasteiger partial charge >= 0.3 is 0 Å². The molecule has 0 aliphatic carbocycles. The van der Waals surface area contributed by atoms with Crippen molar-refractivity contribution in [2.45, 2.75) is 13.0 Å². The molecule has 1 aliphatic heterocycles. The molecule has 2 aromatic carbocycles. The Labute approximate surface area is 145 Å². The van der Waals surface area contributed by atoms with Crippen molar-refractivity contribution in [2.24, 2.45) is 0 Å². The number of amides is 2. The highest BCUT2D eigenvalue weighted by Crippen LogP contribution is 2.25. The molecule has 1 saturated heterocycles. The first kappa shape index (κ1) is 17.0. The molecule has 0 N–H and O–H groups in total. The highest BCUT2D eigenvalue weighted by atomic mass is 19.1. The van der Waals surface area contributed by atoms with Crippen molar-refractivity contribution in [1.82, 2.24) is 4.90 Å². The first-order valence-electron chi connectivity index (χ1n) is 8.03. The number of piperazine rings is 1. The van der Waals surface area contributed by atoms with Crippen LogP contribution >= 0.6 is 0 Å². The Morgan fingerprint density at radius 2 is 1.88 bits per heavy atom. The lowest BCUT2D eigenvalue weighted by Gasteiger charge is -2.39. The minimum absolute atomic E-state index is 0.157. The van der Waals surface area contributed by atoms with E-state index >= 15 is 0 Å². The van der Waals surface area contributed by atoms with Crippen molar-refractivity contribution in [3.8, 4) is 5.75 Å². The molecule has 1 unspecified atom stereocenters. The van der Waals surface area contributed by atoms with Gasteiger partial charge in [-0.25, -0.2) is 4.39 Å². The number of halogens is 1.